The maximum Gasteiger partial charge on any atom is 0.342 e. The molecule has 0 spiro atoms. The molecule has 0 saturated heterocycles. The van der Waals surface area contributed by atoms with Gasteiger partial charge in [-0.15, -0.1) is 5.10 Å². The van der Waals surface area contributed by atoms with Gasteiger partial charge in [0.05, 0.1) is 11.6 Å². The monoisotopic (exact) mass is 571 g/mol. The average Bonchev–Trinajstić information content (AvgIpc) is 3.20. The van der Waals surface area contributed by atoms with E-state index >= 15 is 0 Å². The summed E-state index contributed by atoms with van der Waals surface area (Å²) in [6.45, 7) is 2.22. The van der Waals surface area contributed by atoms with Crippen molar-refractivity contribution in [2.45, 2.75) is 31.5 Å². The normalized spacial score (nSPS) is 11.5. The van der Waals surface area contributed by atoms with Crippen molar-refractivity contribution in [3.8, 4) is 11.5 Å². The number of halogens is 3. The van der Waals surface area contributed by atoms with Gasteiger partial charge in [0.2, 0.25) is 5.16 Å². The standard InChI is InChI=1S/C22H20BrCl2N3O4S/c1-3-4-19-26-22(28-27-19)33-18(21(29)30)9-12-7-15(23)20(17(8-12)31-2)32-11-13-5-6-14(24)10-16(13)25/h5-10H,3-4,11H2,1-2H3,(H,29,30)(H,26,27,28)/b18-9-. The van der Waals surface area contributed by atoms with Crippen LogP contribution in [0.25, 0.3) is 6.08 Å². The summed E-state index contributed by atoms with van der Waals surface area (Å²) in [6.07, 6.45) is 3.18. The molecule has 3 aromatic rings. The highest BCUT2D eigenvalue weighted by atomic mass is 79.9. The molecular formula is C22H20BrCl2N3O4S. The third-order valence-electron chi connectivity index (χ3n) is 4.35. The van der Waals surface area contributed by atoms with Gasteiger partial charge in [0.1, 0.15) is 17.3 Å². The lowest BCUT2D eigenvalue weighted by Gasteiger charge is -2.14. The maximum absolute atomic E-state index is 11.8. The maximum atomic E-state index is 11.8. The molecule has 0 aliphatic heterocycles. The van der Waals surface area contributed by atoms with Gasteiger partial charge in [-0.3, -0.25) is 5.10 Å². The number of ether oxygens (including phenoxy) is 2. The number of aromatic nitrogens is 3. The quantitative estimate of drug-likeness (QED) is 0.208. The van der Waals surface area contributed by atoms with Crippen LogP contribution in [-0.2, 0) is 17.8 Å². The van der Waals surface area contributed by atoms with Crippen LogP contribution in [0.2, 0.25) is 10.0 Å². The number of H-pyrrole nitrogens is 1. The molecule has 0 aliphatic carbocycles. The molecular weight excluding hydrogens is 553 g/mol. The van der Waals surface area contributed by atoms with Crippen molar-refractivity contribution in [2.24, 2.45) is 0 Å². The molecule has 3 rings (SSSR count). The molecule has 0 bridgehead atoms. The molecule has 0 fully saturated rings. The van der Waals surface area contributed by atoms with E-state index in [-0.39, 0.29) is 11.5 Å². The fourth-order valence-corrected chi connectivity index (χ4v) is 4.57. The summed E-state index contributed by atoms with van der Waals surface area (Å²) >= 11 is 16.6. The summed E-state index contributed by atoms with van der Waals surface area (Å²) in [5, 5.41) is 17.9. The van der Waals surface area contributed by atoms with E-state index in [0.717, 1.165) is 36.0 Å². The van der Waals surface area contributed by atoms with E-state index in [0.29, 0.717) is 36.7 Å². The van der Waals surface area contributed by atoms with Gasteiger partial charge in [0.25, 0.3) is 0 Å². The Balaban J connectivity index is 1.83. The number of aryl methyl sites for hydroxylation is 1. The number of carboxylic acids is 1. The zero-order valence-corrected chi connectivity index (χ0v) is 21.6. The number of methoxy groups -OCH3 is 1. The van der Waals surface area contributed by atoms with Crippen LogP contribution in [0.1, 0.15) is 30.3 Å². The largest absolute Gasteiger partial charge is 0.493 e. The SMILES string of the molecule is CCCc1nc(S/C(=C\c2cc(Br)c(OCc3ccc(Cl)cc3Cl)c(OC)c2)C(=O)O)n[nH]1. The fraction of sp³-hybridized carbons (Fsp3) is 0.227. The van der Waals surface area contributed by atoms with E-state index in [1.165, 1.54) is 13.2 Å². The molecule has 0 atom stereocenters. The van der Waals surface area contributed by atoms with E-state index in [9.17, 15) is 9.90 Å². The molecule has 0 aliphatic rings. The first-order valence-electron chi connectivity index (χ1n) is 9.79. The highest BCUT2D eigenvalue weighted by Crippen LogP contribution is 2.39. The number of rotatable bonds is 10. The Morgan fingerprint density at radius 3 is 2.76 bits per heavy atom. The molecule has 0 unspecified atom stereocenters. The Hall–Kier alpha value is -2.20. The van der Waals surface area contributed by atoms with Gasteiger partial charge in [0, 0.05) is 22.0 Å². The molecule has 11 heteroatoms. The Kier molecular flexibility index (Phi) is 9.08. The molecule has 1 heterocycles. The number of hydrogen-bond acceptors (Lipinski definition) is 6. The topological polar surface area (TPSA) is 97.3 Å². The summed E-state index contributed by atoms with van der Waals surface area (Å²) in [5.74, 6) is 0.521. The van der Waals surface area contributed by atoms with Gasteiger partial charge >= 0.3 is 5.97 Å². The van der Waals surface area contributed by atoms with Gasteiger partial charge in [-0.1, -0.05) is 36.2 Å². The second-order valence-electron chi connectivity index (χ2n) is 6.79. The Morgan fingerprint density at radius 2 is 2.09 bits per heavy atom. The Bertz CT molecular complexity index is 1190. The minimum Gasteiger partial charge on any atom is -0.493 e. The highest BCUT2D eigenvalue weighted by molar-refractivity contribution is 9.10. The minimum atomic E-state index is -1.09. The van der Waals surface area contributed by atoms with Gasteiger partial charge < -0.3 is 14.6 Å². The third kappa shape index (κ3) is 6.89. The van der Waals surface area contributed by atoms with E-state index in [1.807, 2.05) is 6.92 Å². The Labute approximate surface area is 213 Å². The molecule has 1 aromatic heterocycles. The van der Waals surface area contributed by atoms with Crippen molar-refractivity contribution in [3.05, 3.63) is 66.7 Å². The van der Waals surface area contributed by atoms with Crippen LogP contribution in [0.15, 0.2) is 44.9 Å². The number of thioether (sulfide) groups is 1. The lowest BCUT2D eigenvalue weighted by Crippen LogP contribution is -2.00. The molecule has 0 radical (unpaired) electrons. The second-order valence-corrected chi connectivity index (χ2v) is 9.50. The summed E-state index contributed by atoms with van der Waals surface area (Å²) in [5.41, 5.74) is 1.36. The van der Waals surface area contributed by atoms with Crippen molar-refractivity contribution in [2.75, 3.05) is 7.11 Å². The number of benzene rings is 2. The number of carbonyl (C=O) groups is 1. The number of aromatic amines is 1. The van der Waals surface area contributed by atoms with Crippen LogP contribution in [0.4, 0.5) is 0 Å². The van der Waals surface area contributed by atoms with E-state index in [1.54, 1.807) is 30.3 Å². The number of carboxylic acid groups (broad SMARTS) is 1. The summed E-state index contributed by atoms with van der Waals surface area (Å²) in [6, 6.07) is 8.59. The van der Waals surface area contributed by atoms with Crippen molar-refractivity contribution in [1.82, 2.24) is 15.2 Å². The molecule has 2 aromatic carbocycles. The first-order chi connectivity index (χ1) is 15.8. The second kappa shape index (κ2) is 11.8. The summed E-state index contributed by atoms with van der Waals surface area (Å²) in [7, 11) is 1.51. The molecule has 0 amide bonds. The molecule has 33 heavy (non-hydrogen) atoms. The minimum absolute atomic E-state index is 0.0626. The van der Waals surface area contributed by atoms with Crippen molar-refractivity contribution < 1.29 is 19.4 Å². The van der Waals surface area contributed by atoms with E-state index in [2.05, 4.69) is 31.1 Å². The van der Waals surface area contributed by atoms with Crippen LogP contribution in [-0.4, -0.2) is 33.4 Å². The average molecular weight is 573 g/mol. The number of aliphatic carboxylic acids is 1. The Morgan fingerprint density at radius 1 is 1.30 bits per heavy atom. The van der Waals surface area contributed by atoms with Crippen LogP contribution >= 0.6 is 50.9 Å². The predicted octanol–water partition coefficient (Wildman–Crippen LogP) is 6.63. The van der Waals surface area contributed by atoms with E-state index in [4.69, 9.17) is 32.7 Å². The van der Waals surface area contributed by atoms with Crippen LogP contribution in [0.5, 0.6) is 11.5 Å². The number of nitrogens with zero attached hydrogens (tertiary/aromatic N) is 2. The van der Waals surface area contributed by atoms with Crippen molar-refractivity contribution in [1.29, 1.82) is 0 Å². The highest BCUT2D eigenvalue weighted by Gasteiger charge is 2.17. The lowest BCUT2D eigenvalue weighted by molar-refractivity contribution is -0.131. The molecule has 0 saturated carbocycles. The van der Waals surface area contributed by atoms with Gasteiger partial charge in [-0.05, 0) is 70.0 Å². The van der Waals surface area contributed by atoms with Gasteiger partial charge in [0.15, 0.2) is 11.5 Å². The zero-order chi connectivity index (χ0) is 24.0. The van der Waals surface area contributed by atoms with Crippen LogP contribution < -0.4 is 9.47 Å². The fourth-order valence-electron chi connectivity index (χ4n) is 2.81. The van der Waals surface area contributed by atoms with Crippen LogP contribution in [0, 0.1) is 0 Å². The summed E-state index contributed by atoms with van der Waals surface area (Å²) in [4.78, 5) is 16.2. The van der Waals surface area contributed by atoms with Crippen molar-refractivity contribution >= 4 is 62.9 Å². The third-order valence-corrected chi connectivity index (χ3v) is 6.40. The smallest absolute Gasteiger partial charge is 0.342 e. The van der Waals surface area contributed by atoms with Gasteiger partial charge in [-0.25, -0.2) is 9.78 Å². The summed E-state index contributed by atoms with van der Waals surface area (Å²) < 4.78 is 12.0. The molecule has 174 valence electrons. The predicted molar refractivity (Wildman–Crippen MR) is 133 cm³/mol. The van der Waals surface area contributed by atoms with Crippen molar-refractivity contribution in [3.63, 3.8) is 0 Å². The first kappa shape index (κ1) is 25.4. The number of hydrogen-bond donors (Lipinski definition) is 2. The van der Waals surface area contributed by atoms with E-state index < -0.39 is 5.97 Å². The zero-order valence-electron chi connectivity index (χ0n) is 17.7. The van der Waals surface area contributed by atoms with Crippen LogP contribution in [0.3, 0.4) is 0 Å². The molecule has 7 nitrogen and oxygen atoms in total. The van der Waals surface area contributed by atoms with Gasteiger partial charge in [-0.2, -0.15) is 0 Å². The lowest BCUT2D eigenvalue weighted by atomic mass is 10.2. The number of nitrogens with one attached hydrogen (secondary N) is 1. The molecule has 2 N–H and O–H groups in total. The first-order valence-corrected chi connectivity index (χ1v) is 12.2.